The molecule has 3 N–H and O–H groups in total. The van der Waals surface area contributed by atoms with Gasteiger partial charge in [-0.3, -0.25) is 4.79 Å². The van der Waals surface area contributed by atoms with Crippen LogP contribution >= 0.6 is 0 Å². The van der Waals surface area contributed by atoms with E-state index in [0.29, 0.717) is 16.7 Å². The van der Waals surface area contributed by atoms with E-state index in [9.17, 15) is 14.3 Å². The van der Waals surface area contributed by atoms with E-state index in [4.69, 9.17) is 10.3 Å². The van der Waals surface area contributed by atoms with Crippen molar-refractivity contribution in [3.8, 4) is 16.9 Å². The molecule has 0 heterocycles. The van der Waals surface area contributed by atoms with Gasteiger partial charge in [0.05, 0.1) is 12.1 Å². The molecule has 0 atom stereocenters. The van der Waals surface area contributed by atoms with Crippen LogP contribution in [0.1, 0.15) is 18.4 Å². The lowest BCUT2D eigenvalue weighted by Gasteiger charge is -2.08. The first kappa shape index (κ1) is 15.5. The summed E-state index contributed by atoms with van der Waals surface area (Å²) in [6.45, 7) is 0. The van der Waals surface area contributed by atoms with Gasteiger partial charge in [0.1, 0.15) is 11.6 Å². The van der Waals surface area contributed by atoms with Crippen LogP contribution < -0.4 is 0 Å². The maximum Gasteiger partial charge on any atom is 0.303 e. The number of rotatable bonds is 5. The monoisotopic (exact) mass is 303 g/mol. The van der Waals surface area contributed by atoms with Crippen LogP contribution in [0.4, 0.5) is 4.39 Å². The Morgan fingerprint density at radius 2 is 1.77 bits per heavy atom. The number of carboxylic acid groups (broad SMARTS) is 1. The minimum Gasteiger partial charge on any atom is -0.508 e. The van der Waals surface area contributed by atoms with Gasteiger partial charge in [0.25, 0.3) is 0 Å². The van der Waals surface area contributed by atoms with Gasteiger partial charge < -0.3 is 15.4 Å². The fourth-order valence-electron chi connectivity index (χ4n) is 2.05. The predicted octanol–water partition coefficient (Wildman–Crippen LogP) is 3.24. The highest BCUT2D eigenvalue weighted by molar-refractivity contribution is 6.01. The molecule has 2 aromatic carbocycles. The van der Waals surface area contributed by atoms with Gasteiger partial charge in [0.2, 0.25) is 0 Å². The first-order chi connectivity index (χ1) is 10.5. The maximum absolute atomic E-state index is 14.2. The summed E-state index contributed by atoms with van der Waals surface area (Å²) in [4.78, 5) is 10.6. The molecule has 22 heavy (non-hydrogen) atoms. The maximum atomic E-state index is 14.2. The summed E-state index contributed by atoms with van der Waals surface area (Å²) in [5.41, 5.74) is 1.36. The van der Waals surface area contributed by atoms with Gasteiger partial charge >= 0.3 is 5.97 Å². The van der Waals surface area contributed by atoms with E-state index < -0.39 is 11.8 Å². The van der Waals surface area contributed by atoms with Crippen molar-refractivity contribution >= 4 is 11.7 Å². The minimum atomic E-state index is -1.03. The van der Waals surface area contributed by atoms with Crippen molar-refractivity contribution in [2.24, 2.45) is 5.16 Å². The molecule has 5 nitrogen and oxygen atoms in total. The Morgan fingerprint density at radius 1 is 1.09 bits per heavy atom. The van der Waals surface area contributed by atoms with E-state index in [1.54, 1.807) is 18.2 Å². The van der Waals surface area contributed by atoms with Crippen LogP contribution in [-0.2, 0) is 4.79 Å². The van der Waals surface area contributed by atoms with E-state index in [1.165, 1.54) is 24.3 Å². The van der Waals surface area contributed by atoms with Crippen LogP contribution in [0.5, 0.6) is 5.75 Å². The van der Waals surface area contributed by atoms with Crippen LogP contribution in [0.2, 0.25) is 0 Å². The Kier molecular flexibility index (Phi) is 4.73. The molecule has 0 aliphatic rings. The first-order valence-electron chi connectivity index (χ1n) is 6.53. The van der Waals surface area contributed by atoms with Gasteiger partial charge in [0, 0.05) is 17.5 Å². The molecule has 6 heteroatoms. The summed E-state index contributed by atoms with van der Waals surface area (Å²) in [7, 11) is 0. The lowest BCUT2D eigenvalue weighted by atomic mass is 9.99. The lowest BCUT2D eigenvalue weighted by Crippen LogP contribution is -2.06. The number of halogens is 1. The van der Waals surface area contributed by atoms with Gasteiger partial charge in [0.15, 0.2) is 0 Å². The Hall–Kier alpha value is -2.89. The molecule has 0 bridgehead atoms. The number of phenols is 1. The second-order valence-corrected chi connectivity index (χ2v) is 4.68. The molecule has 0 spiro atoms. The Balaban J connectivity index is 2.29. The highest BCUT2D eigenvalue weighted by Crippen LogP contribution is 2.26. The number of carboxylic acids is 1. The number of phenolic OH excluding ortho intramolecular Hbond substituents is 1. The SMILES string of the molecule is O=C(O)CC/C(=N\O)c1ccc(-c2ccc(O)cc2)c(F)c1. The van der Waals surface area contributed by atoms with Crippen LogP contribution in [0.3, 0.4) is 0 Å². The summed E-state index contributed by atoms with van der Waals surface area (Å²) in [5.74, 6) is -1.47. The smallest absolute Gasteiger partial charge is 0.303 e. The Morgan fingerprint density at radius 3 is 2.32 bits per heavy atom. The number of carbonyl (C=O) groups is 1. The van der Waals surface area contributed by atoms with Crippen molar-refractivity contribution in [3.63, 3.8) is 0 Å². The van der Waals surface area contributed by atoms with Crippen molar-refractivity contribution in [2.45, 2.75) is 12.8 Å². The highest BCUT2D eigenvalue weighted by atomic mass is 19.1. The highest BCUT2D eigenvalue weighted by Gasteiger charge is 2.12. The molecule has 0 aliphatic heterocycles. The third-order valence-electron chi connectivity index (χ3n) is 3.18. The largest absolute Gasteiger partial charge is 0.508 e. The average molecular weight is 303 g/mol. The molecule has 2 aromatic rings. The number of aliphatic carboxylic acids is 1. The molecule has 114 valence electrons. The summed E-state index contributed by atoms with van der Waals surface area (Å²) < 4.78 is 14.2. The number of hydrogen-bond acceptors (Lipinski definition) is 4. The third kappa shape index (κ3) is 3.60. The van der Waals surface area contributed by atoms with Gasteiger partial charge in [-0.25, -0.2) is 4.39 Å². The van der Waals surface area contributed by atoms with Gasteiger partial charge in [-0.05, 0) is 23.8 Å². The molecule has 0 radical (unpaired) electrons. The molecular weight excluding hydrogens is 289 g/mol. The number of aromatic hydroxyl groups is 1. The lowest BCUT2D eigenvalue weighted by molar-refractivity contribution is -0.136. The predicted molar refractivity (Wildman–Crippen MR) is 78.7 cm³/mol. The van der Waals surface area contributed by atoms with E-state index in [0.717, 1.165) is 0 Å². The van der Waals surface area contributed by atoms with Crippen molar-refractivity contribution in [1.29, 1.82) is 0 Å². The molecule has 0 unspecified atom stereocenters. The van der Waals surface area contributed by atoms with Crippen molar-refractivity contribution in [3.05, 3.63) is 53.8 Å². The van der Waals surface area contributed by atoms with Gasteiger partial charge in [-0.15, -0.1) is 0 Å². The zero-order valence-corrected chi connectivity index (χ0v) is 11.5. The number of benzene rings is 2. The second-order valence-electron chi connectivity index (χ2n) is 4.68. The summed E-state index contributed by atoms with van der Waals surface area (Å²) >= 11 is 0. The first-order valence-corrected chi connectivity index (χ1v) is 6.53. The molecule has 0 aliphatic carbocycles. The zero-order valence-electron chi connectivity index (χ0n) is 11.5. The zero-order chi connectivity index (χ0) is 16.1. The van der Waals surface area contributed by atoms with Crippen molar-refractivity contribution in [2.75, 3.05) is 0 Å². The standard InChI is InChI=1S/C16H14FNO4/c17-14-9-11(15(18-22)7-8-16(20)21)3-6-13(14)10-1-4-12(19)5-2-10/h1-6,9,19,22H,7-8H2,(H,20,21)/b18-15+. The normalized spacial score (nSPS) is 11.4. The number of oxime groups is 1. The molecule has 0 fully saturated rings. The van der Waals surface area contributed by atoms with Crippen molar-refractivity contribution < 1.29 is 24.6 Å². The molecule has 2 rings (SSSR count). The molecule has 0 saturated heterocycles. The molecule has 0 saturated carbocycles. The van der Waals surface area contributed by atoms with Crippen molar-refractivity contribution in [1.82, 2.24) is 0 Å². The fourth-order valence-corrected chi connectivity index (χ4v) is 2.05. The molecule has 0 aromatic heterocycles. The van der Waals surface area contributed by atoms with E-state index in [2.05, 4.69) is 5.16 Å². The summed E-state index contributed by atoms with van der Waals surface area (Å²) in [6.07, 6.45) is -0.204. The third-order valence-corrected chi connectivity index (χ3v) is 3.18. The topological polar surface area (TPSA) is 90.1 Å². The quantitative estimate of drug-likeness (QED) is 0.449. The second kappa shape index (κ2) is 6.71. The number of nitrogens with zero attached hydrogens (tertiary/aromatic N) is 1. The van der Waals surface area contributed by atoms with Crippen LogP contribution in [0.25, 0.3) is 11.1 Å². The molecular formula is C16H14FNO4. The Labute approximate surface area is 126 Å². The van der Waals surface area contributed by atoms with Crippen LogP contribution in [0, 0.1) is 5.82 Å². The Bertz CT molecular complexity index is 711. The molecule has 0 amide bonds. The fraction of sp³-hybridized carbons (Fsp3) is 0.125. The van der Waals surface area contributed by atoms with Crippen LogP contribution in [0.15, 0.2) is 47.6 Å². The van der Waals surface area contributed by atoms with Gasteiger partial charge in [-0.1, -0.05) is 29.4 Å². The van der Waals surface area contributed by atoms with Gasteiger partial charge in [-0.2, -0.15) is 0 Å². The van der Waals surface area contributed by atoms with E-state index >= 15 is 0 Å². The van der Waals surface area contributed by atoms with E-state index in [1.807, 2.05) is 0 Å². The summed E-state index contributed by atoms with van der Waals surface area (Å²) in [5, 5.41) is 29.9. The van der Waals surface area contributed by atoms with Crippen LogP contribution in [-0.4, -0.2) is 27.1 Å². The number of hydrogen-bond donors (Lipinski definition) is 3. The van der Waals surface area contributed by atoms with E-state index in [-0.39, 0.29) is 24.3 Å². The average Bonchev–Trinajstić information content (AvgIpc) is 2.49. The minimum absolute atomic E-state index is 0.00380. The summed E-state index contributed by atoms with van der Waals surface area (Å²) in [6, 6.07) is 10.3.